The molecule has 8 nitrogen and oxygen atoms in total. The number of anilines is 2. The van der Waals surface area contributed by atoms with E-state index in [0.29, 0.717) is 17.9 Å². The Kier molecular flexibility index (Phi) is 6.40. The first-order chi connectivity index (χ1) is 15.1. The van der Waals surface area contributed by atoms with Gasteiger partial charge in [-0.25, -0.2) is 0 Å². The zero-order chi connectivity index (χ0) is 21.6. The van der Waals surface area contributed by atoms with Crippen molar-refractivity contribution in [2.75, 3.05) is 50.0 Å². The molecule has 1 amide bonds. The molecule has 3 aromatic carbocycles. The highest BCUT2D eigenvalue weighted by Crippen LogP contribution is 2.26. The topological polar surface area (TPSA) is 97.9 Å². The molecule has 0 saturated carbocycles. The van der Waals surface area contributed by atoms with Crippen LogP contribution in [-0.4, -0.2) is 50.2 Å². The molecule has 0 spiro atoms. The van der Waals surface area contributed by atoms with Gasteiger partial charge in [0.05, 0.1) is 31.2 Å². The highest BCUT2D eigenvalue weighted by molar-refractivity contribution is 6.06. The third kappa shape index (κ3) is 5.17. The van der Waals surface area contributed by atoms with Crippen molar-refractivity contribution in [2.45, 2.75) is 0 Å². The SMILES string of the molecule is O=C(Nc1ccc2ccccc2c1)c1ccc(NCC[NH+]2CCOCC2)c([N+](=O)[O-])c1. The number of carbonyl (C=O) groups excluding carboxylic acids is 1. The van der Waals surface area contributed by atoms with Crippen LogP contribution < -0.4 is 15.5 Å². The number of nitrogens with one attached hydrogen (secondary N) is 3. The first kappa shape index (κ1) is 20.8. The summed E-state index contributed by atoms with van der Waals surface area (Å²) in [6.07, 6.45) is 0. The Bertz CT molecular complexity index is 1100. The molecular formula is C23H25N4O4+. The van der Waals surface area contributed by atoms with Crippen molar-refractivity contribution in [3.05, 3.63) is 76.3 Å². The molecule has 8 heteroatoms. The molecular weight excluding hydrogens is 396 g/mol. The summed E-state index contributed by atoms with van der Waals surface area (Å²) in [7, 11) is 0. The van der Waals surface area contributed by atoms with Crippen LogP contribution in [0, 0.1) is 10.1 Å². The first-order valence-corrected chi connectivity index (χ1v) is 10.3. The Morgan fingerprint density at radius 3 is 2.58 bits per heavy atom. The van der Waals surface area contributed by atoms with Gasteiger partial charge in [0.25, 0.3) is 11.6 Å². The maximum absolute atomic E-state index is 12.7. The lowest BCUT2D eigenvalue weighted by Gasteiger charge is -2.23. The van der Waals surface area contributed by atoms with Gasteiger partial charge in [-0.1, -0.05) is 30.3 Å². The van der Waals surface area contributed by atoms with E-state index in [-0.39, 0.29) is 17.2 Å². The van der Waals surface area contributed by atoms with Gasteiger partial charge in [0.2, 0.25) is 0 Å². The van der Waals surface area contributed by atoms with Gasteiger partial charge in [-0.2, -0.15) is 0 Å². The fourth-order valence-electron chi connectivity index (χ4n) is 3.73. The van der Waals surface area contributed by atoms with Gasteiger partial charge in [0.15, 0.2) is 0 Å². The molecule has 0 aromatic heterocycles. The minimum atomic E-state index is -0.462. The Labute approximate surface area is 180 Å². The lowest BCUT2D eigenvalue weighted by atomic mass is 10.1. The number of quaternary nitrogens is 1. The molecule has 0 radical (unpaired) electrons. The zero-order valence-electron chi connectivity index (χ0n) is 17.1. The summed E-state index contributed by atoms with van der Waals surface area (Å²) in [5.41, 5.74) is 1.19. The van der Waals surface area contributed by atoms with Gasteiger partial charge in [-0.3, -0.25) is 14.9 Å². The zero-order valence-corrected chi connectivity index (χ0v) is 17.1. The standard InChI is InChI=1S/C23H24N4O4/c28-23(25-20-7-5-17-3-1-2-4-18(17)15-20)19-6-8-21(22(16-19)27(29)30)24-9-10-26-11-13-31-14-12-26/h1-8,15-16,24H,9-14H2,(H,25,28)/p+1. The number of rotatable bonds is 7. The van der Waals surface area contributed by atoms with E-state index in [2.05, 4.69) is 10.6 Å². The lowest BCUT2D eigenvalue weighted by Crippen LogP contribution is -3.14. The second-order valence-electron chi connectivity index (χ2n) is 7.54. The van der Waals surface area contributed by atoms with Crippen LogP contribution in [0.5, 0.6) is 0 Å². The van der Waals surface area contributed by atoms with Gasteiger partial charge < -0.3 is 20.3 Å². The Balaban J connectivity index is 1.44. The molecule has 3 N–H and O–H groups in total. The van der Waals surface area contributed by atoms with Crippen molar-refractivity contribution >= 4 is 33.7 Å². The minimum absolute atomic E-state index is 0.108. The van der Waals surface area contributed by atoms with E-state index in [1.807, 2.05) is 42.5 Å². The Morgan fingerprint density at radius 1 is 1.03 bits per heavy atom. The van der Waals surface area contributed by atoms with Crippen LogP contribution in [0.25, 0.3) is 10.8 Å². The molecule has 4 rings (SSSR count). The van der Waals surface area contributed by atoms with Crippen LogP contribution in [-0.2, 0) is 4.74 Å². The molecule has 31 heavy (non-hydrogen) atoms. The number of ether oxygens (including phenoxy) is 1. The number of amides is 1. The summed E-state index contributed by atoms with van der Waals surface area (Å²) in [5.74, 6) is -0.386. The van der Waals surface area contributed by atoms with E-state index < -0.39 is 4.92 Å². The second kappa shape index (κ2) is 9.55. The molecule has 0 unspecified atom stereocenters. The second-order valence-corrected chi connectivity index (χ2v) is 7.54. The molecule has 1 fully saturated rings. The summed E-state index contributed by atoms with van der Waals surface area (Å²) in [6.45, 7) is 4.84. The number of nitro benzene ring substituents is 1. The Morgan fingerprint density at radius 2 is 1.81 bits per heavy atom. The smallest absolute Gasteiger partial charge is 0.293 e. The van der Waals surface area contributed by atoms with Crippen molar-refractivity contribution in [3.63, 3.8) is 0 Å². The molecule has 0 bridgehead atoms. The van der Waals surface area contributed by atoms with E-state index in [4.69, 9.17) is 4.74 Å². The summed E-state index contributed by atoms with van der Waals surface area (Å²) in [6, 6.07) is 18.0. The molecule has 0 atom stereocenters. The number of hydrogen-bond donors (Lipinski definition) is 3. The first-order valence-electron chi connectivity index (χ1n) is 10.3. The maximum atomic E-state index is 12.7. The van der Waals surface area contributed by atoms with Gasteiger partial charge in [-0.05, 0) is 35.0 Å². The Hall–Kier alpha value is -3.49. The minimum Gasteiger partial charge on any atom is -0.374 e. The highest BCUT2D eigenvalue weighted by Gasteiger charge is 2.19. The van der Waals surface area contributed by atoms with Crippen molar-refractivity contribution in [1.29, 1.82) is 0 Å². The highest BCUT2D eigenvalue weighted by atomic mass is 16.6. The average Bonchev–Trinajstić information content (AvgIpc) is 2.79. The van der Waals surface area contributed by atoms with E-state index >= 15 is 0 Å². The summed E-state index contributed by atoms with van der Waals surface area (Å²) < 4.78 is 5.35. The van der Waals surface area contributed by atoms with Crippen LogP contribution in [0.1, 0.15) is 10.4 Å². The van der Waals surface area contributed by atoms with Gasteiger partial charge >= 0.3 is 0 Å². The fourth-order valence-corrected chi connectivity index (χ4v) is 3.73. The van der Waals surface area contributed by atoms with Gasteiger partial charge in [0.1, 0.15) is 18.8 Å². The van der Waals surface area contributed by atoms with Crippen molar-refractivity contribution in [3.8, 4) is 0 Å². The predicted molar refractivity (Wildman–Crippen MR) is 120 cm³/mol. The molecule has 3 aromatic rings. The van der Waals surface area contributed by atoms with Crippen LogP contribution in [0.4, 0.5) is 17.1 Å². The molecule has 1 aliphatic rings. The number of morpholine rings is 1. The number of nitrogens with zero attached hydrogens (tertiary/aromatic N) is 1. The lowest BCUT2D eigenvalue weighted by molar-refractivity contribution is -0.906. The molecule has 1 saturated heterocycles. The molecule has 160 valence electrons. The third-order valence-electron chi connectivity index (χ3n) is 5.46. The van der Waals surface area contributed by atoms with E-state index in [9.17, 15) is 14.9 Å². The maximum Gasteiger partial charge on any atom is 0.293 e. The summed E-state index contributed by atoms with van der Waals surface area (Å²) >= 11 is 0. The summed E-state index contributed by atoms with van der Waals surface area (Å²) in [4.78, 5) is 25.2. The monoisotopic (exact) mass is 421 g/mol. The van der Waals surface area contributed by atoms with Crippen LogP contribution in [0.15, 0.2) is 60.7 Å². The van der Waals surface area contributed by atoms with Crippen molar-refractivity contribution in [1.82, 2.24) is 0 Å². The summed E-state index contributed by atoms with van der Waals surface area (Å²) in [5, 5.41) is 19.6. The number of nitro groups is 1. The van der Waals surface area contributed by atoms with Gasteiger partial charge in [0, 0.05) is 17.3 Å². The van der Waals surface area contributed by atoms with E-state index in [1.54, 1.807) is 12.1 Å². The molecule has 1 heterocycles. The average molecular weight is 421 g/mol. The molecule has 1 aliphatic heterocycles. The molecule has 0 aliphatic carbocycles. The third-order valence-corrected chi connectivity index (χ3v) is 5.46. The van der Waals surface area contributed by atoms with E-state index in [0.717, 1.165) is 43.6 Å². The van der Waals surface area contributed by atoms with Crippen LogP contribution in [0.2, 0.25) is 0 Å². The number of carbonyl (C=O) groups is 1. The van der Waals surface area contributed by atoms with Gasteiger partial charge in [-0.15, -0.1) is 0 Å². The normalized spacial score (nSPS) is 14.3. The number of fused-ring (bicyclic) bond motifs is 1. The van der Waals surface area contributed by atoms with E-state index in [1.165, 1.54) is 11.0 Å². The largest absolute Gasteiger partial charge is 0.374 e. The van der Waals surface area contributed by atoms with Crippen molar-refractivity contribution < 1.29 is 19.4 Å². The van der Waals surface area contributed by atoms with Crippen LogP contribution >= 0.6 is 0 Å². The number of benzene rings is 3. The van der Waals surface area contributed by atoms with Crippen LogP contribution in [0.3, 0.4) is 0 Å². The predicted octanol–water partition coefficient (Wildman–Crippen LogP) is 2.33. The number of hydrogen-bond acceptors (Lipinski definition) is 5. The fraction of sp³-hybridized carbons (Fsp3) is 0.261. The van der Waals surface area contributed by atoms with Crippen molar-refractivity contribution in [2.24, 2.45) is 0 Å². The quantitative estimate of drug-likeness (QED) is 0.402.